The Kier molecular flexibility index (Phi) is 5.73. The van der Waals surface area contributed by atoms with Crippen molar-refractivity contribution in [3.05, 3.63) is 52.9 Å². The Morgan fingerprint density at radius 2 is 1.92 bits per heavy atom. The second-order valence-electron chi connectivity index (χ2n) is 7.21. The second kappa shape index (κ2) is 7.44. The third-order valence-electron chi connectivity index (χ3n) is 4.31. The number of benzene rings is 1. The average molecular weight is 362 g/mol. The van der Waals surface area contributed by atoms with Gasteiger partial charge >= 0.3 is 5.91 Å². The van der Waals surface area contributed by atoms with Gasteiger partial charge in [0.1, 0.15) is 0 Å². The zero-order valence-corrected chi connectivity index (χ0v) is 16.1. The Balaban J connectivity index is 2.56. The zero-order chi connectivity index (χ0) is 18.8. The predicted octanol–water partition coefficient (Wildman–Crippen LogP) is 5.49. The molecule has 0 saturated carbocycles. The molecule has 1 aromatic heterocycles. The molecule has 2 rings (SSSR count). The topological polar surface area (TPSA) is 50.5 Å². The Hall–Kier alpha value is -2.07. The van der Waals surface area contributed by atoms with Crippen molar-refractivity contribution < 1.29 is 14.0 Å². The fourth-order valence-corrected chi connectivity index (χ4v) is 3.25. The van der Waals surface area contributed by atoms with Crippen molar-refractivity contribution in [2.24, 2.45) is 11.3 Å². The van der Waals surface area contributed by atoms with Crippen molar-refractivity contribution in [3.63, 3.8) is 0 Å². The molecule has 0 radical (unpaired) electrons. The van der Waals surface area contributed by atoms with Crippen LogP contribution in [-0.2, 0) is 4.79 Å². The first-order chi connectivity index (χ1) is 11.7. The van der Waals surface area contributed by atoms with Gasteiger partial charge in [0.25, 0.3) is 0 Å². The fourth-order valence-electron chi connectivity index (χ4n) is 3.02. The number of anilines is 1. The monoisotopic (exact) mass is 361 g/mol. The van der Waals surface area contributed by atoms with E-state index in [0.717, 1.165) is 5.56 Å². The summed E-state index contributed by atoms with van der Waals surface area (Å²) in [5.41, 5.74) is 1.01. The van der Waals surface area contributed by atoms with Gasteiger partial charge in [0.2, 0.25) is 5.91 Å². The van der Waals surface area contributed by atoms with Crippen LogP contribution in [0.15, 0.2) is 41.0 Å². The lowest BCUT2D eigenvalue weighted by molar-refractivity contribution is -0.125. The molecular formula is C20H24ClNO3. The smallest absolute Gasteiger partial charge is 0.300 e. The molecule has 2 amide bonds. The lowest BCUT2D eigenvalue weighted by atomic mass is 9.78. The molecule has 5 heteroatoms. The normalized spacial score (nSPS) is 12.7. The van der Waals surface area contributed by atoms with Crippen LogP contribution in [0.1, 0.15) is 50.2 Å². The summed E-state index contributed by atoms with van der Waals surface area (Å²) >= 11 is 6.04. The molecule has 0 spiro atoms. The number of carbonyl (C=O) groups is 2. The van der Waals surface area contributed by atoms with E-state index in [1.165, 1.54) is 11.2 Å². The Labute approximate surface area is 153 Å². The molecule has 1 unspecified atom stereocenters. The maximum absolute atomic E-state index is 13.3. The van der Waals surface area contributed by atoms with Gasteiger partial charge in [-0.3, -0.25) is 9.59 Å². The number of carbonyl (C=O) groups excluding carboxylic acids is 2. The lowest BCUT2D eigenvalue weighted by Gasteiger charge is -2.33. The maximum atomic E-state index is 13.3. The van der Waals surface area contributed by atoms with E-state index in [4.69, 9.17) is 16.0 Å². The van der Waals surface area contributed by atoms with Crippen molar-refractivity contribution >= 4 is 29.1 Å². The second-order valence-corrected chi connectivity index (χ2v) is 7.65. The van der Waals surface area contributed by atoms with Crippen molar-refractivity contribution in [2.75, 3.05) is 4.90 Å². The third-order valence-corrected chi connectivity index (χ3v) is 4.54. The number of halogens is 1. The summed E-state index contributed by atoms with van der Waals surface area (Å²) in [6.45, 7) is 9.79. The molecule has 25 heavy (non-hydrogen) atoms. The molecule has 1 atom stereocenters. The Morgan fingerprint density at radius 3 is 2.40 bits per heavy atom. The molecule has 0 N–H and O–H groups in total. The highest BCUT2D eigenvalue weighted by Gasteiger charge is 2.37. The van der Waals surface area contributed by atoms with Crippen LogP contribution >= 0.6 is 11.6 Å². The number of hydrogen-bond acceptors (Lipinski definition) is 3. The van der Waals surface area contributed by atoms with E-state index < -0.39 is 5.91 Å². The number of hydrogen-bond donors (Lipinski definition) is 0. The molecule has 4 nitrogen and oxygen atoms in total. The summed E-state index contributed by atoms with van der Waals surface area (Å²) in [5.74, 6) is -0.877. The van der Waals surface area contributed by atoms with Crippen LogP contribution in [-0.4, -0.2) is 11.8 Å². The van der Waals surface area contributed by atoms with Crippen molar-refractivity contribution in [1.82, 2.24) is 0 Å². The Bertz CT molecular complexity index is 760. The van der Waals surface area contributed by atoms with Gasteiger partial charge in [0.15, 0.2) is 5.76 Å². The number of aryl methyl sites for hydroxylation is 1. The molecule has 0 fully saturated rings. The third kappa shape index (κ3) is 4.13. The first-order valence-electron chi connectivity index (χ1n) is 8.34. The molecule has 0 aliphatic heterocycles. The van der Waals surface area contributed by atoms with Gasteiger partial charge in [-0.2, -0.15) is 0 Å². The maximum Gasteiger partial charge on any atom is 0.300 e. The number of nitrogens with zero attached hydrogens (tertiary/aromatic N) is 1. The molecule has 0 saturated heterocycles. The molecule has 2 aromatic rings. The van der Waals surface area contributed by atoms with Crippen LogP contribution in [0.5, 0.6) is 0 Å². The van der Waals surface area contributed by atoms with Crippen LogP contribution in [0.2, 0.25) is 5.02 Å². The van der Waals surface area contributed by atoms with E-state index in [2.05, 4.69) is 0 Å². The van der Waals surface area contributed by atoms with E-state index in [-0.39, 0.29) is 23.0 Å². The molecule has 1 aromatic carbocycles. The molecule has 1 heterocycles. The molecule has 0 aliphatic carbocycles. The van der Waals surface area contributed by atoms with E-state index >= 15 is 0 Å². The summed E-state index contributed by atoms with van der Waals surface area (Å²) in [7, 11) is 0. The van der Waals surface area contributed by atoms with Gasteiger partial charge in [0.05, 0.1) is 12.0 Å². The number of amides is 2. The van der Waals surface area contributed by atoms with Crippen molar-refractivity contribution in [3.8, 4) is 0 Å². The van der Waals surface area contributed by atoms with E-state index in [0.29, 0.717) is 17.1 Å². The lowest BCUT2D eigenvalue weighted by Crippen LogP contribution is -2.45. The van der Waals surface area contributed by atoms with Gasteiger partial charge in [-0.25, -0.2) is 4.90 Å². The average Bonchev–Trinajstić information content (AvgIpc) is 3.03. The van der Waals surface area contributed by atoms with Gasteiger partial charge in [-0.05, 0) is 54.7 Å². The number of furan rings is 1. The highest BCUT2D eigenvalue weighted by atomic mass is 35.5. The summed E-state index contributed by atoms with van der Waals surface area (Å²) in [6, 6.07) is 8.31. The first-order valence-corrected chi connectivity index (χ1v) is 8.72. The van der Waals surface area contributed by atoms with Crippen LogP contribution in [0.25, 0.3) is 0 Å². The van der Waals surface area contributed by atoms with Gasteiger partial charge in [-0.1, -0.05) is 39.3 Å². The first kappa shape index (κ1) is 19.3. The highest BCUT2D eigenvalue weighted by Crippen LogP contribution is 2.34. The number of imide groups is 1. The predicted molar refractivity (Wildman–Crippen MR) is 99.9 cm³/mol. The highest BCUT2D eigenvalue weighted by molar-refractivity contribution is 6.31. The summed E-state index contributed by atoms with van der Waals surface area (Å²) < 4.78 is 5.24. The SMILES string of the molecule is CCC(C(=O)N(C(=O)c1ccco1)c1ccc(Cl)cc1C)C(C)(C)C. The Morgan fingerprint density at radius 1 is 1.24 bits per heavy atom. The van der Waals surface area contributed by atoms with E-state index in [9.17, 15) is 9.59 Å². The molecular weight excluding hydrogens is 338 g/mol. The zero-order valence-electron chi connectivity index (χ0n) is 15.3. The summed E-state index contributed by atoms with van der Waals surface area (Å²) in [4.78, 5) is 27.6. The van der Waals surface area contributed by atoms with Crippen LogP contribution in [0.3, 0.4) is 0 Å². The summed E-state index contributed by atoms with van der Waals surface area (Å²) in [5, 5.41) is 0.557. The van der Waals surface area contributed by atoms with E-state index in [1.54, 1.807) is 30.3 Å². The molecule has 134 valence electrons. The van der Waals surface area contributed by atoms with Gasteiger partial charge in [0, 0.05) is 10.9 Å². The summed E-state index contributed by atoms with van der Waals surface area (Å²) in [6.07, 6.45) is 2.06. The van der Waals surface area contributed by atoms with Crippen LogP contribution < -0.4 is 4.90 Å². The minimum absolute atomic E-state index is 0.131. The standard InChI is InChI=1S/C20H24ClNO3/c1-6-15(20(3,4)5)18(23)22(19(24)17-8-7-11-25-17)16-10-9-14(21)12-13(16)2/h7-12,15H,6H2,1-5H3. The minimum atomic E-state index is -0.469. The van der Waals surface area contributed by atoms with Crippen LogP contribution in [0.4, 0.5) is 5.69 Å². The van der Waals surface area contributed by atoms with Gasteiger partial charge in [-0.15, -0.1) is 0 Å². The minimum Gasteiger partial charge on any atom is -0.459 e. The van der Waals surface area contributed by atoms with Crippen LogP contribution in [0, 0.1) is 18.3 Å². The number of rotatable bonds is 4. The van der Waals surface area contributed by atoms with Crippen molar-refractivity contribution in [1.29, 1.82) is 0 Å². The van der Waals surface area contributed by atoms with Crippen molar-refractivity contribution in [2.45, 2.75) is 41.0 Å². The molecule has 0 aliphatic rings. The molecule has 0 bridgehead atoms. The fraction of sp³-hybridized carbons (Fsp3) is 0.400. The largest absolute Gasteiger partial charge is 0.459 e. The van der Waals surface area contributed by atoms with Gasteiger partial charge < -0.3 is 4.42 Å². The van der Waals surface area contributed by atoms with E-state index in [1.807, 2.05) is 34.6 Å². The quantitative estimate of drug-likeness (QED) is 0.723.